The van der Waals surface area contributed by atoms with E-state index < -0.39 is 8.25 Å². The molecule has 0 saturated carbocycles. The number of benzene rings is 4. The van der Waals surface area contributed by atoms with E-state index >= 15 is 0 Å². The molecule has 0 aliphatic heterocycles. The van der Waals surface area contributed by atoms with Gasteiger partial charge in [-0.25, -0.2) is 4.52 Å². The summed E-state index contributed by atoms with van der Waals surface area (Å²) in [6, 6.07) is 23.3. The topological polar surface area (TPSA) is 46.5 Å². The molecule has 35 heavy (non-hydrogen) atoms. The molecular formula is C31H30O3P+. The molecule has 1 aliphatic rings. The molecule has 0 spiro atoms. The van der Waals surface area contributed by atoms with Crippen molar-refractivity contribution in [1.82, 2.24) is 0 Å². The largest absolute Gasteiger partial charge is 0.747 e. The maximum Gasteiger partial charge on any atom is 0.747 e. The monoisotopic (exact) mass is 481 g/mol. The third-order valence-corrected chi connectivity index (χ3v) is 7.60. The van der Waals surface area contributed by atoms with Gasteiger partial charge in [-0.1, -0.05) is 73.2 Å². The average Bonchev–Trinajstić information content (AvgIpc) is 3.20. The van der Waals surface area contributed by atoms with Gasteiger partial charge in [0.25, 0.3) is 0 Å². The molecule has 5 rings (SSSR count). The van der Waals surface area contributed by atoms with Crippen molar-refractivity contribution >= 4 is 8.25 Å². The van der Waals surface area contributed by atoms with Gasteiger partial charge in [0.1, 0.15) is 0 Å². The first-order chi connectivity index (χ1) is 16.9. The van der Waals surface area contributed by atoms with Gasteiger partial charge in [0.15, 0.2) is 5.75 Å². The zero-order chi connectivity index (χ0) is 24.7. The van der Waals surface area contributed by atoms with E-state index in [0.29, 0.717) is 5.75 Å². The highest BCUT2D eigenvalue weighted by molar-refractivity contribution is 7.32. The molecule has 0 radical (unpaired) electrons. The first-order valence-corrected chi connectivity index (χ1v) is 13.3. The van der Waals surface area contributed by atoms with Gasteiger partial charge in [0.05, 0.1) is 0 Å². The van der Waals surface area contributed by atoms with Crippen LogP contribution in [0.25, 0.3) is 22.3 Å². The molecule has 4 heteroatoms. The molecule has 0 saturated heterocycles. The second-order valence-corrected chi connectivity index (χ2v) is 10.1. The van der Waals surface area contributed by atoms with Gasteiger partial charge in [0.2, 0.25) is 0 Å². The summed E-state index contributed by atoms with van der Waals surface area (Å²) in [4.78, 5) is 9.73. The van der Waals surface area contributed by atoms with Gasteiger partial charge in [-0.15, -0.1) is 4.89 Å². The lowest BCUT2D eigenvalue weighted by Crippen LogP contribution is -2.05. The number of hydrogen-bond acceptors (Lipinski definition) is 2. The summed E-state index contributed by atoms with van der Waals surface area (Å²) in [5.41, 5.74) is 14.6. The Hall–Kier alpha value is -3.26. The van der Waals surface area contributed by atoms with E-state index in [2.05, 4.69) is 82.3 Å². The van der Waals surface area contributed by atoms with E-state index in [1.807, 2.05) is 12.1 Å². The Bertz CT molecular complexity index is 1450. The molecule has 176 valence electrons. The zero-order valence-electron chi connectivity index (χ0n) is 20.7. The zero-order valence-corrected chi connectivity index (χ0v) is 21.6. The van der Waals surface area contributed by atoms with E-state index in [1.165, 1.54) is 55.6 Å². The molecule has 0 fully saturated rings. The Morgan fingerprint density at radius 3 is 2.26 bits per heavy atom. The Labute approximate surface area is 208 Å². The Kier molecular flexibility index (Phi) is 6.32. The molecule has 1 aliphatic carbocycles. The van der Waals surface area contributed by atoms with Crippen molar-refractivity contribution in [3.8, 4) is 28.0 Å². The molecule has 0 heterocycles. The Morgan fingerprint density at radius 1 is 0.857 bits per heavy atom. The van der Waals surface area contributed by atoms with Crippen LogP contribution in [-0.2, 0) is 23.8 Å². The standard InChI is InChI=1S/C31H29O3P/c1-5-22-13-14-30(34-35(32)33)31(28(22)18-27-20(3)15-19(2)16-21(27)4)26-12-8-11-25-24-10-7-6-9-23(24)17-29(25)26/h6-16H,5,17-18H2,1-4H3/p+1. The highest BCUT2D eigenvalue weighted by atomic mass is 31.1. The minimum absolute atomic E-state index is 0.465. The van der Waals surface area contributed by atoms with Crippen molar-refractivity contribution < 1.29 is 14.0 Å². The average molecular weight is 482 g/mol. The summed E-state index contributed by atoms with van der Waals surface area (Å²) in [7, 11) is -2.79. The molecule has 1 N–H and O–H groups in total. The van der Waals surface area contributed by atoms with Crippen LogP contribution in [-0.4, -0.2) is 4.89 Å². The molecular weight excluding hydrogens is 451 g/mol. The van der Waals surface area contributed by atoms with Gasteiger partial charge in [-0.2, -0.15) is 0 Å². The summed E-state index contributed by atoms with van der Waals surface area (Å²) in [5, 5.41) is 0. The normalized spacial score (nSPS) is 12.3. The van der Waals surface area contributed by atoms with Crippen LogP contribution >= 0.6 is 8.25 Å². The first kappa shape index (κ1) is 23.5. The van der Waals surface area contributed by atoms with Gasteiger partial charge in [-0.3, -0.25) is 0 Å². The van der Waals surface area contributed by atoms with E-state index in [4.69, 9.17) is 4.52 Å². The van der Waals surface area contributed by atoms with Crippen LogP contribution in [0.15, 0.2) is 66.7 Å². The minimum atomic E-state index is -2.79. The van der Waals surface area contributed by atoms with Gasteiger partial charge in [-0.05, 0) is 102 Å². The van der Waals surface area contributed by atoms with Crippen LogP contribution in [0.5, 0.6) is 5.75 Å². The van der Waals surface area contributed by atoms with Crippen LogP contribution in [0.3, 0.4) is 0 Å². The predicted molar refractivity (Wildman–Crippen MR) is 143 cm³/mol. The van der Waals surface area contributed by atoms with Crippen LogP contribution in [0, 0.1) is 20.8 Å². The molecule has 0 amide bonds. The maximum absolute atomic E-state index is 11.9. The lowest BCUT2D eigenvalue weighted by molar-refractivity contribution is 0.411. The summed E-state index contributed by atoms with van der Waals surface area (Å²) >= 11 is 0. The molecule has 0 bridgehead atoms. The van der Waals surface area contributed by atoms with Crippen molar-refractivity contribution in [2.24, 2.45) is 0 Å². The molecule has 4 aromatic carbocycles. The maximum atomic E-state index is 11.9. The molecule has 1 atom stereocenters. The summed E-state index contributed by atoms with van der Waals surface area (Å²) in [5.74, 6) is 0.465. The van der Waals surface area contributed by atoms with Crippen LogP contribution in [0.1, 0.15) is 51.4 Å². The number of aryl methyl sites for hydroxylation is 4. The minimum Gasteiger partial charge on any atom is -0.229 e. The SMILES string of the molecule is CCc1ccc(O[P+](=O)O)c(-c2cccc3c2Cc2ccccc2-3)c1Cc1c(C)cc(C)cc1C. The smallest absolute Gasteiger partial charge is 0.229 e. The Morgan fingerprint density at radius 2 is 1.54 bits per heavy atom. The van der Waals surface area contributed by atoms with Crippen molar-refractivity contribution in [2.45, 2.75) is 47.0 Å². The third kappa shape index (κ3) is 4.31. The van der Waals surface area contributed by atoms with Crippen molar-refractivity contribution in [3.63, 3.8) is 0 Å². The number of hydrogen-bond donors (Lipinski definition) is 1. The quantitative estimate of drug-likeness (QED) is 0.250. The van der Waals surface area contributed by atoms with E-state index in [1.54, 1.807) is 0 Å². The summed E-state index contributed by atoms with van der Waals surface area (Å²) in [6.45, 7) is 8.63. The third-order valence-electron chi connectivity index (χ3n) is 7.24. The number of rotatable bonds is 6. The fraction of sp³-hybridized carbons (Fsp3) is 0.226. The highest BCUT2D eigenvalue weighted by Gasteiger charge is 2.28. The van der Waals surface area contributed by atoms with Gasteiger partial charge >= 0.3 is 8.25 Å². The molecule has 4 aromatic rings. The van der Waals surface area contributed by atoms with Crippen molar-refractivity contribution in [2.75, 3.05) is 0 Å². The molecule has 1 unspecified atom stereocenters. The van der Waals surface area contributed by atoms with Crippen LogP contribution in [0.4, 0.5) is 0 Å². The van der Waals surface area contributed by atoms with Crippen molar-refractivity contribution in [3.05, 3.63) is 111 Å². The second kappa shape index (κ2) is 9.41. The van der Waals surface area contributed by atoms with E-state index in [9.17, 15) is 9.46 Å². The lowest BCUT2D eigenvalue weighted by atomic mass is 9.84. The van der Waals surface area contributed by atoms with Crippen LogP contribution < -0.4 is 4.52 Å². The predicted octanol–water partition coefficient (Wildman–Crippen LogP) is 8.03. The Balaban J connectivity index is 1.77. The van der Waals surface area contributed by atoms with Crippen LogP contribution in [0.2, 0.25) is 0 Å². The second-order valence-electron chi connectivity index (χ2n) is 9.48. The van der Waals surface area contributed by atoms with E-state index in [0.717, 1.165) is 30.4 Å². The highest BCUT2D eigenvalue weighted by Crippen LogP contribution is 2.47. The van der Waals surface area contributed by atoms with Crippen molar-refractivity contribution in [1.29, 1.82) is 0 Å². The lowest BCUT2D eigenvalue weighted by Gasteiger charge is -2.20. The number of fused-ring (bicyclic) bond motifs is 3. The fourth-order valence-corrected chi connectivity index (χ4v) is 6.04. The molecule has 3 nitrogen and oxygen atoms in total. The van der Waals surface area contributed by atoms with Gasteiger partial charge in [0, 0.05) is 10.1 Å². The van der Waals surface area contributed by atoms with Gasteiger partial charge < -0.3 is 0 Å². The van der Waals surface area contributed by atoms with E-state index in [-0.39, 0.29) is 0 Å². The summed E-state index contributed by atoms with van der Waals surface area (Å²) < 4.78 is 17.4. The molecule has 0 aromatic heterocycles. The summed E-state index contributed by atoms with van der Waals surface area (Å²) in [6.07, 6.45) is 2.45. The fourth-order valence-electron chi connectivity index (χ4n) is 5.72. The first-order valence-electron chi connectivity index (χ1n) is 12.1.